The third-order valence-electron chi connectivity index (χ3n) is 15.6. The molecule has 9 unspecified atom stereocenters. The summed E-state index contributed by atoms with van der Waals surface area (Å²) in [4.78, 5) is 2.51. The fourth-order valence-electron chi connectivity index (χ4n) is 13.6. The molecule has 6 heteroatoms. The molecule has 7 aliphatic rings. The molecule has 1 aromatic carbocycles. The zero-order valence-corrected chi connectivity index (χ0v) is 30.2. The first kappa shape index (κ1) is 33.1. The zero-order valence-electron chi connectivity index (χ0n) is 30.2. The van der Waals surface area contributed by atoms with Crippen LogP contribution in [0.3, 0.4) is 0 Å². The van der Waals surface area contributed by atoms with Gasteiger partial charge in [0.1, 0.15) is 6.10 Å². The largest absolute Gasteiger partial charge is 0.388 e. The van der Waals surface area contributed by atoms with Gasteiger partial charge in [0.2, 0.25) is 0 Å². The maximum Gasteiger partial charge on any atom is 0.170 e. The fraction of sp³-hybridized carbons (Fsp3) is 0.854. The first-order chi connectivity index (χ1) is 22.4. The summed E-state index contributed by atoms with van der Waals surface area (Å²) >= 11 is 0. The summed E-state index contributed by atoms with van der Waals surface area (Å²) in [7, 11) is 0. The summed E-state index contributed by atoms with van der Waals surface area (Å²) in [5.41, 5.74) is 2.05. The van der Waals surface area contributed by atoms with E-state index >= 15 is 0 Å². The van der Waals surface area contributed by atoms with Crippen molar-refractivity contribution in [1.29, 1.82) is 0 Å². The predicted octanol–water partition coefficient (Wildman–Crippen LogP) is 7.61. The molecular weight excluding hydrogens is 586 g/mol. The quantitative estimate of drug-likeness (QED) is 0.313. The Labute approximate surface area is 284 Å². The van der Waals surface area contributed by atoms with Gasteiger partial charge >= 0.3 is 0 Å². The van der Waals surface area contributed by atoms with Crippen molar-refractivity contribution < 1.29 is 24.1 Å². The van der Waals surface area contributed by atoms with Crippen molar-refractivity contribution >= 4 is 0 Å². The molecule has 47 heavy (non-hydrogen) atoms. The second kappa shape index (κ2) is 11.8. The number of hydrogen-bond donors (Lipinski definition) is 1. The second-order valence-corrected chi connectivity index (χ2v) is 18.5. The second-order valence-electron chi connectivity index (χ2n) is 18.5. The summed E-state index contributed by atoms with van der Waals surface area (Å²) in [6.45, 7) is 17.7. The fourth-order valence-corrected chi connectivity index (χ4v) is 13.6. The van der Waals surface area contributed by atoms with E-state index in [1.54, 1.807) is 0 Å². The van der Waals surface area contributed by atoms with E-state index in [4.69, 9.17) is 18.9 Å². The average Bonchev–Trinajstić information content (AvgIpc) is 3.61. The SMILES string of the molecule is CCO[C@@H](C1CCC2C(CC3C4CCC5C(C)(C)[C@@H](OC6CN(Cc7ccccc7)CCO6)CC[C@@]56CC46CCC23C)O1)C(C)(C)O. The van der Waals surface area contributed by atoms with Gasteiger partial charge in [0, 0.05) is 26.2 Å². The van der Waals surface area contributed by atoms with Crippen molar-refractivity contribution in [2.75, 3.05) is 26.3 Å². The van der Waals surface area contributed by atoms with Gasteiger partial charge in [0.15, 0.2) is 6.29 Å². The summed E-state index contributed by atoms with van der Waals surface area (Å²) in [5.74, 6) is 2.99. The molecule has 7 fully saturated rings. The number of rotatable bonds is 8. The van der Waals surface area contributed by atoms with Gasteiger partial charge < -0.3 is 24.1 Å². The first-order valence-electron chi connectivity index (χ1n) is 19.4. The molecule has 1 aromatic rings. The lowest BCUT2D eigenvalue weighted by molar-refractivity contribution is -0.246. The van der Waals surface area contributed by atoms with Crippen LogP contribution in [0.15, 0.2) is 30.3 Å². The number of morpholine rings is 1. The van der Waals surface area contributed by atoms with E-state index in [9.17, 15) is 5.11 Å². The van der Waals surface area contributed by atoms with Gasteiger partial charge in [-0.15, -0.1) is 0 Å². The lowest BCUT2D eigenvalue weighted by atomic mass is 9.46. The van der Waals surface area contributed by atoms with E-state index < -0.39 is 5.60 Å². The van der Waals surface area contributed by atoms with Gasteiger partial charge in [-0.1, -0.05) is 51.1 Å². The number of benzene rings is 1. The van der Waals surface area contributed by atoms with Crippen LogP contribution in [0.5, 0.6) is 0 Å². The van der Waals surface area contributed by atoms with Crippen LogP contribution >= 0.6 is 0 Å². The molecule has 0 amide bonds. The van der Waals surface area contributed by atoms with Crippen molar-refractivity contribution in [3.63, 3.8) is 0 Å². The van der Waals surface area contributed by atoms with Crippen LogP contribution in [0.25, 0.3) is 0 Å². The summed E-state index contributed by atoms with van der Waals surface area (Å²) in [6.07, 6.45) is 13.1. The van der Waals surface area contributed by atoms with Crippen molar-refractivity contribution in [3.8, 4) is 0 Å². The minimum atomic E-state index is -0.897. The number of ether oxygens (including phenoxy) is 4. The molecule has 0 radical (unpaired) electrons. The Morgan fingerprint density at radius 1 is 0.957 bits per heavy atom. The van der Waals surface area contributed by atoms with Crippen LogP contribution in [-0.4, -0.2) is 72.6 Å². The minimum Gasteiger partial charge on any atom is -0.388 e. The highest BCUT2D eigenvalue weighted by Crippen LogP contribution is 2.87. The number of hydrogen-bond acceptors (Lipinski definition) is 6. The van der Waals surface area contributed by atoms with Crippen LogP contribution in [-0.2, 0) is 25.5 Å². The average molecular weight is 650 g/mol. The molecule has 5 saturated carbocycles. The van der Waals surface area contributed by atoms with Crippen molar-refractivity contribution in [2.45, 2.75) is 149 Å². The zero-order chi connectivity index (χ0) is 32.8. The standard InChI is InChI=1S/C41H63NO5/c1-7-44-36(38(4,5)43)31-15-13-29-32(46-31)23-30-28-14-16-33-37(2,3)34(17-18-41(33)26-40(28,41)20-19-39(29,30)6)47-35-25-42(21-22-45-35)24-27-11-9-8-10-12-27/h8-12,28-36,43H,7,13-26H2,1-6H3/t28?,29?,30?,31?,32?,33?,34-,35?,36-,39?,40?,41+/m0/s1. The number of fused-ring (bicyclic) bond motifs is 4. The van der Waals surface area contributed by atoms with E-state index in [1.807, 2.05) is 20.8 Å². The van der Waals surface area contributed by atoms with Crippen LogP contribution in [0, 0.1) is 45.3 Å². The summed E-state index contributed by atoms with van der Waals surface area (Å²) < 4.78 is 26.3. The lowest BCUT2D eigenvalue weighted by Crippen LogP contribution is -2.56. The topological polar surface area (TPSA) is 60.4 Å². The van der Waals surface area contributed by atoms with Gasteiger partial charge in [0.05, 0.1) is 30.5 Å². The maximum atomic E-state index is 11.0. The summed E-state index contributed by atoms with van der Waals surface area (Å²) in [5, 5.41) is 11.0. The number of aliphatic hydroxyl groups is 1. The van der Waals surface area contributed by atoms with E-state index in [2.05, 4.69) is 56.0 Å². The Balaban J connectivity index is 0.946. The lowest BCUT2D eigenvalue weighted by Gasteiger charge is -2.60. The molecule has 262 valence electrons. The van der Waals surface area contributed by atoms with Gasteiger partial charge in [0.25, 0.3) is 0 Å². The third kappa shape index (κ3) is 5.24. The molecule has 0 bridgehead atoms. The van der Waals surface area contributed by atoms with E-state index in [0.717, 1.165) is 50.4 Å². The van der Waals surface area contributed by atoms with Crippen molar-refractivity contribution in [3.05, 3.63) is 35.9 Å². The molecule has 2 spiro atoms. The molecule has 1 N–H and O–H groups in total. The van der Waals surface area contributed by atoms with Crippen molar-refractivity contribution in [2.24, 2.45) is 45.3 Å². The Kier molecular flexibility index (Phi) is 8.30. The Morgan fingerprint density at radius 3 is 2.51 bits per heavy atom. The van der Waals surface area contributed by atoms with E-state index in [-0.39, 0.29) is 30.0 Å². The Bertz CT molecular complexity index is 1280. The predicted molar refractivity (Wildman–Crippen MR) is 184 cm³/mol. The molecular formula is C41H63NO5. The Morgan fingerprint density at radius 2 is 1.74 bits per heavy atom. The molecule has 12 atom stereocenters. The van der Waals surface area contributed by atoms with Gasteiger partial charge in [-0.2, -0.15) is 0 Å². The Hall–Kier alpha value is -1.02. The van der Waals surface area contributed by atoms with E-state index in [1.165, 1.54) is 63.4 Å². The first-order valence-corrected chi connectivity index (χ1v) is 19.4. The van der Waals surface area contributed by atoms with Crippen LogP contribution in [0.2, 0.25) is 0 Å². The highest BCUT2D eigenvalue weighted by molar-refractivity contribution is 5.29. The molecule has 6 nitrogen and oxygen atoms in total. The third-order valence-corrected chi connectivity index (χ3v) is 15.6. The highest BCUT2D eigenvalue weighted by atomic mass is 16.7. The molecule has 5 aliphatic carbocycles. The maximum absolute atomic E-state index is 11.0. The van der Waals surface area contributed by atoms with Gasteiger partial charge in [-0.05, 0) is 136 Å². The number of nitrogens with zero attached hydrogens (tertiary/aromatic N) is 1. The van der Waals surface area contributed by atoms with E-state index in [0.29, 0.717) is 34.9 Å². The molecule has 8 rings (SSSR count). The molecule has 2 heterocycles. The van der Waals surface area contributed by atoms with Gasteiger partial charge in [-0.25, -0.2) is 0 Å². The minimum absolute atomic E-state index is 0.00782. The van der Waals surface area contributed by atoms with Gasteiger partial charge in [-0.3, -0.25) is 4.90 Å². The molecule has 2 saturated heterocycles. The van der Waals surface area contributed by atoms with Crippen LogP contribution in [0.4, 0.5) is 0 Å². The normalized spacial score (nSPS) is 46.4. The van der Waals surface area contributed by atoms with Crippen LogP contribution < -0.4 is 0 Å². The molecule has 2 aliphatic heterocycles. The van der Waals surface area contributed by atoms with Crippen LogP contribution in [0.1, 0.15) is 111 Å². The smallest absolute Gasteiger partial charge is 0.170 e. The monoisotopic (exact) mass is 649 g/mol. The summed E-state index contributed by atoms with van der Waals surface area (Å²) in [6, 6.07) is 10.8. The molecule has 0 aromatic heterocycles. The van der Waals surface area contributed by atoms with Crippen molar-refractivity contribution in [1.82, 2.24) is 4.90 Å². The highest BCUT2D eigenvalue weighted by Gasteiger charge is 2.80.